The number of aryl methyl sites for hydroxylation is 2. The van der Waals surface area contributed by atoms with E-state index in [4.69, 9.17) is 13.7 Å². The van der Waals surface area contributed by atoms with Crippen molar-refractivity contribution in [1.29, 1.82) is 0 Å². The Kier molecular flexibility index (Phi) is 5.24. The normalized spacial score (nSPS) is 21.6. The highest BCUT2D eigenvalue weighted by molar-refractivity contribution is 5.96. The number of amides is 1. The Morgan fingerprint density at radius 2 is 1.93 bits per heavy atom. The second kappa shape index (κ2) is 7.80. The third-order valence-electron chi connectivity index (χ3n) is 5.56. The van der Waals surface area contributed by atoms with E-state index < -0.39 is 0 Å². The van der Waals surface area contributed by atoms with Gasteiger partial charge in [-0.3, -0.25) is 4.79 Å². The molecule has 8 nitrogen and oxygen atoms in total. The number of hydrogen-bond acceptors (Lipinski definition) is 7. The van der Waals surface area contributed by atoms with E-state index in [0.717, 1.165) is 45.3 Å². The smallest absolute Gasteiger partial charge is 0.260 e. The summed E-state index contributed by atoms with van der Waals surface area (Å²) in [6.45, 7) is 5.88. The average Bonchev–Trinajstić information content (AvgIpc) is 3.35. The molecule has 2 fully saturated rings. The molecule has 0 unspecified atom stereocenters. The van der Waals surface area contributed by atoms with Crippen LogP contribution in [0.15, 0.2) is 8.94 Å². The van der Waals surface area contributed by atoms with Crippen LogP contribution >= 0.6 is 0 Å². The number of nitrogens with zero attached hydrogens (tertiary/aromatic N) is 4. The summed E-state index contributed by atoms with van der Waals surface area (Å²) in [6.07, 6.45) is 5.28. The molecule has 4 rings (SSSR count). The molecule has 2 aromatic heterocycles. The number of rotatable bonds is 4. The molecule has 0 radical (unpaired) electrons. The maximum absolute atomic E-state index is 13.3. The minimum absolute atomic E-state index is 0.0545. The predicted molar refractivity (Wildman–Crippen MR) is 95.3 cm³/mol. The molecule has 4 heterocycles. The Bertz CT molecular complexity index is 793. The van der Waals surface area contributed by atoms with E-state index in [1.807, 2.05) is 11.8 Å². The number of carbonyl (C=O) groups is 1. The third kappa shape index (κ3) is 3.50. The van der Waals surface area contributed by atoms with Gasteiger partial charge in [-0.15, -0.1) is 10.2 Å². The predicted octanol–water partition coefficient (Wildman–Crippen LogP) is 3.19. The zero-order chi connectivity index (χ0) is 18.8. The first-order chi connectivity index (χ1) is 13.2. The van der Waals surface area contributed by atoms with Gasteiger partial charge in [0, 0.05) is 25.7 Å². The van der Waals surface area contributed by atoms with E-state index in [2.05, 4.69) is 15.4 Å². The van der Waals surface area contributed by atoms with Crippen molar-refractivity contribution in [3.8, 4) is 0 Å². The summed E-state index contributed by atoms with van der Waals surface area (Å²) >= 11 is 0. The van der Waals surface area contributed by atoms with E-state index in [1.165, 1.54) is 0 Å². The van der Waals surface area contributed by atoms with Crippen molar-refractivity contribution in [2.45, 2.75) is 64.3 Å². The lowest BCUT2D eigenvalue weighted by molar-refractivity contribution is 0.0558. The zero-order valence-electron chi connectivity index (χ0n) is 15.9. The molecule has 0 N–H and O–H groups in total. The highest BCUT2D eigenvalue weighted by atomic mass is 16.5. The molecule has 8 heteroatoms. The van der Waals surface area contributed by atoms with Crippen molar-refractivity contribution < 1.29 is 18.5 Å². The molecular formula is C19H26N4O4. The van der Waals surface area contributed by atoms with Crippen LogP contribution in [0.3, 0.4) is 0 Å². The molecule has 0 spiro atoms. The van der Waals surface area contributed by atoms with Crippen LogP contribution in [0.4, 0.5) is 0 Å². The van der Waals surface area contributed by atoms with E-state index in [1.54, 1.807) is 6.92 Å². The third-order valence-corrected chi connectivity index (χ3v) is 5.56. The van der Waals surface area contributed by atoms with E-state index in [9.17, 15) is 4.79 Å². The van der Waals surface area contributed by atoms with Crippen LogP contribution in [-0.4, -0.2) is 45.9 Å². The standard InChI is InChI=1S/C19H26N4O4/c1-3-14-16(12(2)27-22-14)19(24)23-9-5-4-6-15(23)18-21-20-17(26-18)13-7-10-25-11-8-13/h13,15H,3-11H2,1-2H3/t15-/m0/s1. The van der Waals surface area contributed by atoms with Crippen molar-refractivity contribution >= 4 is 5.91 Å². The quantitative estimate of drug-likeness (QED) is 0.811. The highest BCUT2D eigenvalue weighted by Crippen LogP contribution is 2.34. The number of aromatic nitrogens is 3. The maximum atomic E-state index is 13.3. The van der Waals surface area contributed by atoms with Crippen molar-refractivity contribution in [3.63, 3.8) is 0 Å². The van der Waals surface area contributed by atoms with E-state index in [0.29, 0.717) is 41.8 Å². The first kappa shape index (κ1) is 18.2. The fourth-order valence-corrected chi connectivity index (χ4v) is 4.00. The maximum Gasteiger partial charge on any atom is 0.260 e. The largest absolute Gasteiger partial charge is 0.423 e. The number of likely N-dealkylation sites (tertiary alicyclic amines) is 1. The Labute approximate surface area is 158 Å². The van der Waals surface area contributed by atoms with Crippen molar-refractivity contribution in [2.75, 3.05) is 19.8 Å². The van der Waals surface area contributed by atoms with Crippen molar-refractivity contribution in [2.24, 2.45) is 0 Å². The summed E-state index contributed by atoms with van der Waals surface area (Å²) in [5.74, 6) is 1.97. The topological polar surface area (TPSA) is 94.5 Å². The first-order valence-electron chi connectivity index (χ1n) is 9.86. The van der Waals surface area contributed by atoms with Gasteiger partial charge in [0.2, 0.25) is 11.8 Å². The van der Waals surface area contributed by atoms with Crippen LogP contribution in [-0.2, 0) is 11.2 Å². The van der Waals surface area contributed by atoms with Gasteiger partial charge in [-0.25, -0.2) is 0 Å². The molecule has 146 valence electrons. The van der Waals surface area contributed by atoms with E-state index in [-0.39, 0.29) is 17.9 Å². The molecule has 27 heavy (non-hydrogen) atoms. The van der Waals surface area contributed by atoms with Gasteiger partial charge in [0.05, 0.1) is 5.69 Å². The number of ether oxygens (including phenoxy) is 1. The molecule has 2 aliphatic heterocycles. The number of hydrogen-bond donors (Lipinski definition) is 0. The first-order valence-corrected chi connectivity index (χ1v) is 9.86. The summed E-state index contributed by atoms with van der Waals surface area (Å²) in [4.78, 5) is 15.1. The summed E-state index contributed by atoms with van der Waals surface area (Å²) in [5, 5.41) is 12.6. The molecular weight excluding hydrogens is 348 g/mol. The Morgan fingerprint density at radius 3 is 2.70 bits per heavy atom. The van der Waals surface area contributed by atoms with Gasteiger partial charge in [-0.05, 0) is 45.4 Å². The number of piperidine rings is 1. The van der Waals surface area contributed by atoms with E-state index >= 15 is 0 Å². The van der Waals surface area contributed by atoms with Crippen LogP contribution in [0.5, 0.6) is 0 Å². The second-order valence-corrected chi connectivity index (χ2v) is 7.29. The monoisotopic (exact) mass is 374 g/mol. The fraction of sp³-hybridized carbons (Fsp3) is 0.684. The lowest BCUT2D eigenvalue weighted by atomic mass is 9.99. The molecule has 1 atom stereocenters. The van der Waals surface area contributed by atoms with Crippen LogP contribution < -0.4 is 0 Å². The van der Waals surface area contributed by atoms with Crippen molar-refractivity contribution in [1.82, 2.24) is 20.3 Å². The number of carbonyl (C=O) groups excluding carboxylic acids is 1. The Balaban J connectivity index is 1.58. The van der Waals surface area contributed by atoms with Gasteiger partial charge in [0.15, 0.2) is 0 Å². The SMILES string of the molecule is CCc1noc(C)c1C(=O)N1CCCC[C@H]1c1nnc(C2CCOCC2)o1. The molecule has 2 saturated heterocycles. The molecule has 0 aromatic carbocycles. The Morgan fingerprint density at radius 1 is 1.15 bits per heavy atom. The molecule has 0 saturated carbocycles. The summed E-state index contributed by atoms with van der Waals surface area (Å²) in [6, 6.07) is -0.189. The summed E-state index contributed by atoms with van der Waals surface area (Å²) < 4.78 is 16.7. The zero-order valence-corrected chi connectivity index (χ0v) is 15.9. The minimum atomic E-state index is -0.189. The van der Waals surface area contributed by atoms with Crippen LogP contribution in [0, 0.1) is 6.92 Å². The molecule has 2 aromatic rings. The van der Waals surface area contributed by atoms with Crippen LogP contribution in [0.25, 0.3) is 0 Å². The van der Waals surface area contributed by atoms with Gasteiger partial charge in [-0.1, -0.05) is 12.1 Å². The fourth-order valence-electron chi connectivity index (χ4n) is 4.00. The molecule has 2 aliphatic rings. The lowest BCUT2D eigenvalue weighted by Crippen LogP contribution is -2.39. The molecule has 0 bridgehead atoms. The van der Waals surface area contributed by atoms with Gasteiger partial charge in [0.1, 0.15) is 17.4 Å². The van der Waals surface area contributed by atoms with Gasteiger partial charge < -0.3 is 18.6 Å². The van der Waals surface area contributed by atoms with Crippen molar-refractivity contribution in [3.05, 3.63) is 28.8 Å². The molecule has 1 amide bonds. The average molecular weight is 374 g/mol. The minimum Gasteiger partial charge on any atom is -0.423 e. The van der Waals surface area contributed by atoms with Crippen LogP contribution in [0.1, 0.15) is 84.6 Å². The van der Waals surface area contributed by atoms with Gasteiger partial charge >= 0.3 is 0 Å². The highest BCUT2D eigenvalue weighted by Gasteiger charge is 2.35. The Hall–Kier alpha value is -2.22. The van der Waals surface area contributed by atoms with Crippen LogP contribution in [0.2, 0.25) is 0 Å². The van der Waals surface area contributed by atoms with Gasteiger partial charge in [-0.2, -0.15) is 0 Å². The summed E-state index contributed by atoms with van der Waals surface area (Å²) in [7, 11) is 0. The molecule has 0 aliphatic carbocycles. The van der Waals surface area contributed by atoms with Gasteiger partial charge in [0.25, 0.3) is 5.91 Å². The summed E-state index contributed by atoms with van der Waals surface area (Å²) in [5.41, 5.74) is 1.28. The lowest BCUT2D eigenvalue weighted by Gasteiger charge is -2.33. The second-order valence-electron chi connectivity index (χ2n) is 7.29.